The molecule has 0 aliphatic heterocycles. The van der Waals surface area contributed by atoms with Crippen molar-refractivity contribution in [1.82, 2.24) is 0 Å². The first-order valence-corrected chi connectivity index (χ1v) is 2.66. The molecule has 1 aliphatic carbocycles. The summed E-state index contributed by atoms with van der Waals surface area (Å²) in [7, 11) is 0. The van der Waals surface area contributed by atoms with Crippen molar-refractivity contribution in [3.05, 3.63) is 24.3 Å². The van der Waals surface area contributed by atoms with Gasteiger partial charge in [-0.2, -0.15) is 0 Å². The van der Waals surface area contributed by atoms with Gasteiger partial charge in [-0.05, 0) is 6.08 Å². The number of hydrogen-bond acceptors (Lipinski definition) is 1. The Kier molecular flexibility index (Phi) is 4.77. The minimum Gasteiger partial charge on any atom is -0.0846 e. The van der Waals surface area contributed by atoms with Crippen LogP contribution in [-0.2, 0) is 0 Å². The second-order valence-corrected chi connectivity index (χ2v) is 1.98. The van der Waals surface area contributed by atoms with Crippen molar-refractivity contribution in [2.24, 2.45) is 0 Å². The van der Waals surface area contributed by atoms with Crippen molar-refractivity contribution in [1.29, 1.82) is 0 Å². The van der Waals surface area contributed by atoms with E-state index in [2.05, 4.69) is 6.08 Å². The van der Waals surface area contributed by atoms with Gasteiger partial charge in [-0.15, -0.1) is 0 Å². The molecule has 0 heterocycles. The number of hydrogen-bond donors (Lipinski definition) is 0. The monoisotopic (exact) mass is 133 g/mol. The first-order valence-electron chi connectivity index (χ1n) is 2.25. The molecule has 0 aromatic carbocycles. The van der Waals surface area contributed by atoms with Crippen molar-refractivity contribution in [3.63, 3.8) is 0 Å². The molecule has 0 aromatic rings. The largest absolute Gasteiger partial charge is 0.0846 e. The van der Waals surface area contributed by atoms with Crippen molar-refractivity contribution in [3.8, 4) is 0 Å². The molecule has 0 aromatic heterocycles. The first-order chi connectivity index (χ1) is 3.39. The number of allylic oxidation sites excluding steroid dienone is 4. The van der Waals surface area contributed by atoms with Gasteiger partial charge >= 0.3 is 0 Å². The summed E-state index contributed by atoms with van der Waals surface area (Å²) >= 11 is 4.87. The van der Waals surface area contributed by atoms with Crippen LogP contribution in [0.4, 0.5) is 0 Å². The molecule has 0 bridgehead atoms. The molecule has 8 heavy (non-hydrogen) atoms. The predicted octanol–water partition coefficient (Wildman–Crippen LogP) is 1.49. The van der Waals surface area contributed by atoms with E-state index in [1.165, 1.54) is 0 Å². The van der Waals surface area contributed by atoms with Gasteiger partial charge in [0.2, 0.25) is 0 Å². The average Bonchev–Trinajstić information content (AvgIpc) is 1.69. The van der Waals surface area contributed by atoms with Crippen LogP contribution in [0.15, 0.2) is 24.3 Å². The zero-order valence-corrected chi connectivity index (χ0v) is 7.74. The molecular formula is C6H6NaS. The third kappa shape index (κ3) is 2.78. The molecule has 0 amide bonds. The average molecular weight is 133 g/mol. The third-order valence-electron chi connectivity index (χ3n) is 0.848. The molecule has 37 valence electrons. The summed E-state index contributed by atoms with van der Waals surface area (Å²) in [6, 6.07) is 0. The Morgan fingerprint density at radius 2 is 2.12 bits per heavy atom. The van der Waals surface area contributed by atoms with Crippen molar-refractivity contribution >= 4 is 46.6 Å². The Labute approximate surface area is 77.0 Å². The van der Waals surface area contributed by atoms with Crippen LogP contribution in [0.5, 0.6) is 0 Å². The summed E-state index contributed by atoms with van der Waals surface area (Å²) in [5.41, 5.74) is 0. The summed E-state index contributed by atoms with van der Waals surface area (Å²) in [6.07, 6.45) is 8.94. The van der Waals surface area contributed by atoms with Crippen LogP contribution >= 0.6 is 12.2 Å². The fourth-order valence-electron chi connectivity index (χ4n) is 0.494. The van der Waals surface area contributed by atoms with Gasteiger partial charge in [-0.1, -0.05) is 30.4 Å². The smallest absolute Gasteiger partial charge is 0.0190 e. The molecule has 0 spiro atoms. The third-order valence-corrected chi connectivity index (χ3v) is 1.15. The van der Waals surface area contributed by atoms with Crippen LogP contribution in [-0.4, -0.2) is 34.4 Å². The van der Waals surface area contributed by atoms with Crippen LogP contribution in [0.3, 0.4) is 0 Å². The maximum atomic E-state index is 4.87. The van der Waals surface area contributed by atoms with E-state index < -0.39 is 0 Å². The van der Waals surface area contributed by atoms with Crippen LogP contribution in [0, 0.1) is 0 Å². The van der Waals surface area contributed by atoms with E-state index in [0.717, 1.165) is 11.3 Å². The normalized spacial score (nSPS) is 15.8. The van der Waals surface area contributed by atoms with E-state index in [1.807, 2.05) is 18.2 Å². The summed E-state index contributed by atoms with van der Waals surface area (Å²) in [4.78, 5) is 1.03. The zero-order chi connectivity index (χ0) is 5.11. The summed E-state index contributed by atoms with van der Waals surface area (Å²) in [5, 5.41) is 0. The van der Waals surface area contributed by atoms with Crippen LogP contribution in [0.25, 0.3) is 0 Å². The predicted molar refractivity (Wildman–Crippen MR) is 41.2 cm³/mol. The summed E-state index contributed by atoms with van der Waals surface area (Å²) < 4.78 is 0. The number of thiocarbonyl (C=S) groups is 1. The minimum atomic E-state index is 0. The Balaban J connectivity index is 0.000000490. The molecule has 0 N–H and O–H groups in total. The Hall–Kier alpha value is 0.570. The summed E-state index contributed by atoms with van der Waals surface area (Å²) in [6.45, 7) is 0. The van der Waals surface area contributed by atoms with E-state index >= 15 is 0 Å². The van der Waals surface area contributed by atoms with Gasteiger partial charge in [0.25, 0.3) is 0 Å². The quantitative estimate of drug-likeness (QED) is 0.356. The van der Waals surface area contributed by atoms with Gasteiger partial charge in [0.1, 0.15) is 0 Å². The first kappa shape index (κ1) is 8.57. The molecule has 0 nitrogen and oxygen atoms in total. The topological polar surface area (TPSA) is 0 Å². The Morgan fingerprint density at radius 1 is 1.38 bits per heavy atom. The van der Waals surface area contributed by atoms with Crippen molar-refractivity contribution < 1.29 is 0 Å². The van der Waals surface area contributed by atoms with Gasteiger partial charge in [0, 0.05) is 40.8 Å². The second-order valence-electron chi connectivity index (χ2n) is 1.46. The van der Waals surface area contributed by atoms with Crippen LogP contribution < -0.4 is 0 Å². The van der Waals surface area contributed by atoms with E-state index in [-0.39, 0.29) is 29.6 Å². The molecule has 1 rings (SSSR count). The second kappa shape index (κ2) is 4.45. The van der Waals surface area contributed by atoms with Gasteiger partial charge in [-0.25, -0.2) is 0 Å². The van der Waals surface area contributed by atoms with Gasteiger partial charge in [-0.3, -0.25) is 0 Å². The van der Waals surface area contributed by atoms with E-state index in [1.54, 1.807) is 0 Å². The van der Waals surface area contributed by atoms with E-state index in [4.69, 9.17) is 12.2 Å². The van der Waals surface area contributed by atoms with E-state index in [9.17, 15) is 0 Å². The van der Waals surface area contributed by atoms with Crippen LogP contribution in [0.1, 0.15) is 6.42 Å². The van der Waals surface area contributed by atoms with Crippen LogP contribution in [0.2, 0.25) is 0 Å². The summed E-state index contributed by atoms with van der Waals surface area (Å²) in [5.74, 6) is 0. The minimum absolute atomic E-state index is 0. The fraction of sp³-hybridized carbons (Fsp3) is 0.167. The standard InChI is InChI=1S/C6H6S.Na/c7-6-4-2-1-3-5-6;/h1-4H,5H2;. The van der Waals surface area contributed by atoms with Crippen molar-refractivity contribution in [2.45, 2.75) is 6.42 Å². The maximum absolute atomic E-state index is 4.87. The molecule has 0 fully saturated rings. The van der Waals surface area contributed by atoms with E-state index in [0.29, 0.717) is 0 Å². The SMILES string of the molecule is S=C1C=CC=CC1.[Na]. The number of rotatable bonds is 0. The fourth-order valence-corrected chi connectivity index (χ4v) is 0.668. The molecule has 1 aliphatic rings. The van der Waals surface area contributed by atoms with Gasteiger partial charge in [0.15, 0.2) is 0 Å². The molecule has 1 radical (unpaired) electrons. The molecule has 0 atom stereocenters. The van der Waals surface area contributed by atoms with Gasteiger partial charge < -0.3 is 0 Å². The Bertz CT molecular complexity index is 135. The van der Waals surface area contributed by atoms with Gasteiger partial charge in [0.05, 0.1) is 0 Å². The molecular weight excluding hydrogens is 127 g/mol. The molecule has 0 saturated carbocycles. The maximum Gasteiger partial charge on any atom is 0.0190 e. The molecule has 2 heteroatoms. The zero-order valence-electron chi connectivity index (χ0n) is 4.92. The van der Waals surface area contributed by atoms with Crippen molar-refractivity contribution in [2.75, 3.05) is 0 Å². The Morgan fingerprint density at radius 3 is 2.38 bits per heavy atom. The molecule has 0 saturated heterocycles. The molecule has 0 unspecified atom stereocenters.